The Morgan fingerprint density at radius 2 is 1.94 bits per heavy atom. The molecule has 8 heteroatoms. The second-order valence-electron chi connectivity index (χ2n) is 8.14. The molecule has 0 aliphatic heterocycles. The lowest BCUT2D eigenvalue weighted by atomic mass is 10.1. The van der Waals surface area contributed by atoms with Gasteiger partial charge in [0.15, 0.2) is 11.5 Å². The molecule has 32 heavy (non-hydrogen) atoms. The van der Waals surface area contributed by atoms with Crippen LogP contribution in [0.2, 0.25) is 5.02 Å². The summed E-state index contributed by atoms with van der Waals surface area (Å²) < 4.78 is 13.2. The third kappa shape index (κ3) is 4.50. The van der Waals surface area contributed by atoms with Crippen LogP contribution < -0.4 is 15.0 Å². The minimum Gasteiger partial charge on any atom is -0.493 e. The van der Waals surface area contributed by atoms with Crippen LogP contribution >= 0.6 is 22.9 Å². The van der Waals surface area contributed by atoms with E-state index < -0.39 is 5.60 Å². The zero-order valence-corrected chi connectivity index (χ0v) is 19.8. The lowest BCUT2D eigenvalue weighted by molar-refractivity contribution is 0.0276. The van der Waals surface area contributed by atoms with Crippen LogP contribution in [0.3, 0.4) is 0 Å². The molecule has 0 spiro atoms. The van der Waals surface area contributed by atoms with Crippen molar-refractivity contribution in [2.24, 2.45) is 0 Å². The van der Waals surface area contributed by atoms with E-state index in [1.165, 1.54) is 29.3 Å². The first-order chi connectivity index (χ1) is 15.2. The maximum absolute atomic E-state index is 13.3. The van der Waals surface area contributed by atoms with Gasteiger partial charge in [-0.25, -0.2) is 4.98 Å². The molecule has 0 radical (unpaired) electrons. The lowest BCUT2D eigenvalue weighted by Crippen LogP contribution is -2.28. The fourth-order valence-corrected chi connectivity index (χ4v) is 4.67. The molecule has 0 aliphatic carbocycles. The smallest absolute Gasteiger partial charge is 0.275 e. The largest absolute Gasteiger partial charge is 0.493 e. The number of hydrogen-bond donors (Lipinski definition) is 1. The molecule has 0 aliphatic rings. The average Bonchev–Trinajstić information content (AvgIpc) is 3.17. The summed E-state index contributed by atoms with van der Waals surface area (Å²) in [6, 6.07) is 12.8. The van der Waals surface area contributed by atoms with Crippen molar-refractivity contribution in [3.8, 4) is 27.6 Å². The van der Waals surface area contributed by atoms with Crippen LogP contribution in [-0.4, -0.2) is 34.0 Å². The van der Waals surface area contributed by atoms with Gasteiger partial charge in [0.2, 0.25) is 0 Å². The van der Waals surface area contributed by atoms with E-state index in [1.54, 1.807) is 32.0 Å². The van der Waals surface area contributed by atoms with Crippen LogP contribution in [0.5, 0.6) is 11.5 Å². The molecular weight excluding hydrogens is 448 g/mol. The van der Waals surface area contributed by atoms with E-state index in [9.17, 15) is 9.90 Å². The number of fused-ring (bicyclic) bond motifs is 1. The number of halogens is 1. The van der Waals surface area contributed by atoms with Crippen molar-refractivity contribution < 1.29 is 14.6 Å². The highest BCUT2D eigenvalue weighted by molar-refractivity contribution is 7.22. The van der Waals surface area contributed by atoms with Gasteiger partial charge in [-0.05, 0) is 62.2 Å². The highest BCUT2D eigenvalue weighted by Gasteiger charge is 2.17. The number of aromatic nitrogens is 2. The number of aliphatic hydroxyl groups is 1. The first kappa shape index (κ1) is 22.3. The van der Waals surface area contributed by atoms with Crippen molar-refractivity contribution in [3.05, 3.63) is 69.7 Å². The Balaban J connectivity index is 1.73. The van der Waals surface area contributed by atoms with Crippen LogP contribution in [0.4, 0.5) is 0 Å². The molecule has 166 valence electrons. The zero-order valence-electron chi connectivity index (χ0n) is 18.2. The van der Waals surface area contributed by atoms with Crippen LogP contribution in [0, 0.1) is 6.92 Å². The third-order valence-electron chi connectivity index (χ3n) is 4.90. The summed E-state index contributed by atoms with van der Waals surface area (Å²) in [6.45, 7) is 5.42. The van der Waals surface area contributed by atoms with Crippen molar-refractivity contribution >= 4 is 33.2 Å². The van der Waals surface area contributed by atoms with Crippen LogP contribution in [0.15, 0.2) is 53.6 Å². The molecule has 2 aromatic carbocycles. The van der Waals surface area contributed by atoms with Gasteiger partial charge in [-0.2, -0.15) is 0 Å². The summed E-state index contributed by atoms with van der Waals surface area (Å²) in [6.07, 6.45) is 1.52. The van der Waals surface area contributed by atoms with Gasteiger partial charge in [0.1, 0.15) is 17.6 Å². The zero-order chi connectivity index (χ0) is 23.0. The molecular formula is C24H23ClN2O4S. The van der Waals surface area contributed by atoms with Gasteiger partial charge < -0.3 is 14.6 Å². The van der Waals surface area contributed by atoms with E-state index in [4.69, 9.17) is 21.1 Å². The summed E-state index contributed by atoms with van der Waals surface area (Å²) in [4.78, 5) is 18.7. The first-order valence-electron chi connectivity index (χ1n) is 9.97. The third-order valence-corrected chi connectivity index (χ3v) is 6.28. The van der Waals surface area contributed by atoms with Crippen molar-refractivity contribution in [3.63, 3.8) is 0 Å². The molecule has 0 amide bonds. The Kier molecular flexibility index (Phi) is 5.99. The average molecular weight is 471 g/mol. The highest BCUT2D eigenvalue weighted by Crippen LogP contribution is 2.34. The Bertz CT molecular complexity index is 1350. The fourth-order valence-electron chi connectivity index (χ4n) is 3.31. The molecule has 0 saturated heterocycles. The van der Waals surface area contributed by atoms with Crippen molar-refractivity contribution in [1.82, 2.24) is 9.55 Å². The normalized spacial score (nSPS) is 11.7. The Morgan fingerprint density at radius 1 is 1.16 bits per heavy atom. The van der Waals surface area contributed by atoms with Gasteiger partial charge in [-0.15, -0.1) is 11.3 Å². The predicted molar refractivity (Wildman–Crippen MR) is 129 cm³/mol. The number of rotatable bonds is 6. The molecule has 0 fully saturated rings. The Labute approximate surface area is 194 Å². The van der Waals surface area contributed by atoms with Gasteiger partial charge in [-0.1, -0.05) is 17.7 Å². The van der Waals surface area contributed by atoms with Crippen molar-refractivity contribution in [2.75, 3.05) is 13.7 Å². The number of aryl methyl sites for hydroxylation is 1. The quantitative estimate of drug-likeness (QED) is 0.417. The SMILES string of the molecule is COc1cc(-n2cnc3cc(-c4ccc(Cl)cc4C)sc3c2=O)ccc1OCC(C)(C)O. The molecule has 4 rings (SSSR count). The maximum Gasteiger partial charge on any atom is 0.275 e. The number of nitrogens with zero attached hydrogens (tertiary/aromatic N) is 2. The summed E-state index contributed by atoms with van der Waals surface area (Å²) in [5.74, 6) is 0.944. The minimum absolute atomic E-state index is 0.109. The number of ether oxygens (including phenoxy) is 2. The molecule has 4 aromatic rings. The molecule has 0 atom stereocenters. The fraction of sp³-hybridized carbons (Fsp3) is 0.250. The van der Waals surface area contributed by atoms with Gasteiger partial charge in [0, 0.05) is 16.0 Å². The van der Waals surface area contributed by atoms with E-state index >= 15 is 0 Å². The summed E-state index contributed by atoms with van der Waals surface area (Å²) >= 11 is 7.49. The summed E-state index contributed by atoms with van der Waals surface area (Å²) in [5, 5.41) is 10.6. The second kappa shape index (κ2) is 8.58. The number of methoxy groups -OCH3 is 1. The van der Waals surface area contributed by atoms with Crippen molar-refractivity contribution in [2.45, 2.75) is 26.4 Å². The van der Waals surface area contributed by atoms with Crippen LogP contribution in [0.1, 0.15) is 19.4 Å². The first-order valence-corrected chi connectivity index (χ1v) is 11.2. The minimum atomic E-state index is -0.977. The van der Waals surface area contributed by atoms with E-state index in [0.717, 1.165) is 16.0 Å². The molecule has 0 saturated carbocycles. The molecule has 0 bridgehead atoms. The number of hydrogen-bond acceptors (Lipinski definition) is 6. The molecule has 1 N–H and O–H groups in total. The van der Waals surface area contributed by atoms with Gasteiger partial charge >= 0.3 is 0 Å². The Morgan fingerprint density at radius 3 is 2.62 bits per heavy atom. The van der Waals surface area contributed by atoms with E-state index in [2.05, 4.69) is 4.98 Å². The number of thiophene rings is 1. The monoisotopic (exact) mass is 470 g/mol. The van der Waals surface area contributed by atoms with E-state index in [-0.39, 0.29) is 12.2 Å². The topological polar surface area (TPSA) is 73.6 Å². The highest BCUT2D eigenvalue weighted by atomic mass is 35.5. The van der Waals surface area contributed by atoms with E-state index in [1.807, 2.05) is 31.2 Å². The van der Waals surface area contributed by atoms with E-state index in [0.29, 0.717) is 32.4 Å². The van der Waals surface area contributed by atoms with Gasteiger partial charge in [0.25, 0.3) is 5.56 Å². The molecule has 2 aromatic heterocycles. The van der Waals surface area contributed by atoms with Crippen LogP contribution in [-0.2, 0) is 0 Å². The standard InChI is InChI=1S/C24H23ClN2O4S/c1-14-9-15(25)5-7-17(14)21-11-18-22(32-21)23(28)27(13-26-18)16-6-8-19(20(10-16)30-4)31-12-24(2,3)29/h5-11,13,29H,12H2,1-4H3. The number of benzene rings is 2. The van der Waals surface area contributed by atoms with Crippen LogP contribution in [0.25, 0.3) is 26.3 Å². The summed E-state index contributed by atoms with van der Waals surface area (Å²) in [7, 11) is 1.53. The molecule has 6 nitrogen and oxygen atoms in total. The van der Waals surface area contributed by atoms with Crippen molar-refractivity contribution in [1.29, 1.82) is 0 Å². The predicted octanol–water partition coefficient (Wildman–Crippen LogP) is 5.23. The summed E-state index contributed by atoms with van der Waals surface area (Å²) in [5.41, 5.74) is 2.18. The van der Waals surface area contributed by atoms with Gasteiger partial charge in [-0.3, -0.25) is 9.36 Å². The second-order valence-corrected chi connectivity index (χ2v) is 9.63. The lowest BCUT2D eigenvalue weighted by Gasteiger charge is -2.19. The van der Waals surface area contributed by atoms with Gasteiger partial charge in [0.05, 0.1) is 23.9 Å². The maximum atomic E-state index is 13.3. The molecule has 0 unspecified atom stereocenters. The Hall–Kier alpha value is -2.87. The molecule has 2 heterocycles.